The monoisotopic (exact) mass is 375 g/mol. The average Bonchev–Trinajstić information content (AvgIpc) is 3.00. The number of carboxylic acids is 1. The number of carbonyl (C=O) groups is 2. The maximum Gasteiger partial charge on any atom is 0.339 e. The van der Waals surface area contributed by atoms with E-state index in [-0.39, 0.29) is 18.0 Å². The van der Waals surface area contributed by atoms with Gasteiger partial charge in [0, 0.05) is 13.5 Å². The molecular weight excluding hydrogens is 350 g/mol. The predicted octanol–water partition coefficient (Wildman–Crippen LogP) is 3.50. The molecule has 0 aliphatic rings. The minimum absolute atomic E-state index is 0.0670. The molecule has 1 aromatic heterocycles. The first kappa shape index (κ1) is 20.4. The van der Waals surface area contributed by atoms with Gasteiger partial charge >= 0.3 is 5.97 Å². The van der Waals surface area contributed by atoms with Crippen LogP contribution in [0, 0.1) is 6.92 Å². The van der Waals surface area contributed by atoms with Crippen molar-refractivity contribution in [3.63, 3.8) is 0 Å². The van der Waals surface area contributed by atoms with Crippen LogP contribution >= 0.6 is 0 Å². The Labute approximate surface area is 158 Å². The Morgan fingerprint density at radius 3 is 2.44 bits per heavy atom. The van der Waals surface area contributed by atoms with Crippen LogP contribution in [-0.2, 0) is 11.3 Å². The minimum atomic E-state index is -1.04. The molecule has 7 heteroatoms. The number of aryl methyl sites for hydroxylation is 1. The Kier molecular flexibility index (Phi) is 7.28. The van der Waals surface area contributed by atoms with Crippen molar-refractivity contribution in [1.29, 1.82) is 0 Å². The van der Waals surface area contributed by atoms with Crippen molar-refractivity contribution in [2.45, 2.75) is 33.2 Å². The number of nitrogens with zero attached hydrogens (tertiary/aromatic N) is 1. The maximum atomic E-state index is 12.2. The van der Waals surface area contributed by atoms with E-state index < -0.39 is 5.97 Å². The number of carboxylic acid groups (broad SMARTS) is 1. The Morgan fingerprint density at radius 1 is 1.19 bits per heavy atom. The van der Waals surface area contributed by atoms with Gasteiger partial charge in [0.1, 0.15) is 17.1 Å². The number of amides is 1. The van der Waals surface area contributed by atoms with Crippen LogP contribution in [0.15, 0.2) is 34.7 Å². The first-order chi connectivity index (χ1) is 12.9. The van der Waals surface area contributed by atoms with E-state index in [1.165, 1.54) is 11.0 Å². The van der Waals surface area contributed by atoms with Crippen molar-refractivity contribution < 1.29 is 28.6 Å². The van der Waals surface area contributed by atoms with E-state index in [2.05, 4.69) is 0 Å². The zero-order valence-electron chi connectivity index (χ0n) is 15.9. The summed E-state index contributed by atoms with van der Waals surface area (Å²) < 4.78 is 16.6. The highest BCUT2D eigenvalue weighted by Gasteiger charge is 2.17. The van der Waals surface area contributed by atoms with E-state index in [1.807, 2.05) is 31.2 Å². The van der Waals surface area contributed by atoms with Gasteiger partial charge in [0.05, 0.1) is 19.8 Å². The average molecular weight is 375 g/mol. The number of ether oxygens (including phenoxy) is 2. The molecule has 0 spiro atoms. The fourth-order valence-electron chi connectivity index (χ4n) is 2.60. The molecule has 7 nitrogen and oxygen atoms in total. The molecule has 1 amide bonds. The molecule has 1 heterocycles. The Balaban J connectivity index is 1.78. The minimum Gasteiger partial charge on any atom is -0.490 e. The van der Waals surface area contributed by atoms with Gasteiger partial charge in [0.15, 0.2) is 11.5 Å². The maximum absolute atomic E-state index is 12.2. The molecule has 146 valence electrons. The standard InChI is InChI=1S/C20H25NO6/c1-4-25-17-8-5-6-9-18(17)26-11-7-10-19(22)21(3)13-15-12-16(20(23)24)14(2)27-15/h5-6,8-9,12H,4,7,10-11,13H2,1-3H3,(H,23,24). The van der Waals surface area contributed by atoms with Crippen LogP contribution in [0.5, 0.6) is 11.5 Å². The summed E-state index contributed by atoms with van der Waals surface area (Å²) in [6, 6.07) is 8.87. The number of hydrogen-bond donors (Lipinski definition) is 1. The van der Waals surface area contributed by atoms with Crippen LogP contribution in [0.3, 0.4) is 0 Å². The first-order valence-corrected chi connectivity index (χ1v) is 8.83. The summed E-state index contributed by atoms with van der Waals surface area (Å²) in [5.41, 5.74) is 0.118. The van der Waals surface area contributed by atoms with E-state index in [4.69, 9.17) is 19.0 Å². The highest BCUT2D eigenvalue weighted by Crippen LogP contribution is 2.26. The van der Waals surface area contributed by atoms with Crippen molar-refractivity contribution in [2.24, 2.45) is 0 Å². The fourth-order valence-corrected chi connectivity index (χ4v) is 2.60. The lowest BCUT2D eigenvalue weighted by Crippen LogP contribution is -2.26. The van der Waals surface area contributed by atoms with E-state index in [0.717, 1.165) is 0 Å². The van der Waals surface area contributed by atoms with Crippen molar-refractivity contribution in [2.75, 3.05) is 20.3 Å². The molecule has 0 saturated heterocycles. The normalized spacial score (nSPS) is 10.5. The second-order valence-corrected chi connectivity index (χ2v) is 6.07. The zero-order valence-corrected chi connectivity index (χ0v) is 15.9. The summed E-state index contributed by atoms with van der Waals surface area (Å²) in [5, 5.41) is 9.05. The van der Waals surface area contributed by atoms with E-state index >= 15 is 0 Å². The first-order valence-electron chi connectivity index (χ1n) is 8.83. The lowest BCUT2D eigenvalue weighted by atomic mass is 10.2. The fraction of sp³-hybridized carbons (Fsp3) is 0.400. The van der Waals surface area contributed by atoms with Gasteiger partial charge in [-0.25, -0.2) is 4.79 Å². The molecule has 0 unspecified atom stereocenters. The molecule has 27 heavy (non-hydrogen) atoms. The third-order valence-electron chi connectivity index (χ3n) is 3.96. The molecule has 0 aliphatic heterocycles. The second-order valence-electron chi connectivity index (χ2n) is 6.07. The van der Waals surface area contributed by atoms with Gasteiger partial charge in [0.2, 0.25) is 5.91 Å². The smallest absolute Gasteiger partial charge is 0.339 e. The Hall–Kier alpha value is -2.96. The SMILES string of the molecule is CCOc1ccccc1OCCCC(=O)N(C)Cc1cc(C(=O)O)c(C)o1. The van der Waals surface area contributed by atoms with Gasteiger partial charge in [-0.15, -0.1) is 0 Å². The Morgan fingerprint density at radius 2 is 1.85 bits per heavy atom. The van der Waals surface area contributed by atoms with Crippen LogP contribution < -0.4 is 9.47 Å². The highest BCUT2D eigenvalue weighted by atomic mass is 16.5. The largest absolute Gasteiger partial charge is 0.490 e. The van der Waals surface area contributed by atoms with Crippen LogP contribution in [0.1, 0.15) is 41.6 Å². The topological polar surface area (TPSA) is 89.2 Å². The van der Waals surface area contributed by atoms with Gasteiger partial charge < -0.3 is 23.9 Å². The van der Waals surface area contributed by atoms with Crippen LogP contribution in [-0.4, -0.2) is 42.1 Å². The third-order valence-corrected chi connectivity index (χ3v) is 3.96. The van der Waals surface area contributed by atoms with E-state index in [1.54, 1.807) is 14.0 Å². The molecule has 1 N–H and O–H groups in total. The number of benzene rings is 1. The summed E-state index contributed by atoms with van der Waals surface area (Å²) >= 11 is 0. The molecule has 0 bridgehead atoms. The number of rotatable bonds is 10. The van der Waals surface area contributed by atoms with E-state index in [0.29, 0.717) is 49.1 Å². The predicted molar refractivity (Wildman–Crippen MR) is 99.2 cm³/mol. The number of hydrogen-bond acceptors (Lipinski definition) is 5. The quantitative estimate of drug-likeness (QED) is 0.639. The summed E-state index contributed by atoms with van der Waals surface area (Å²) in [6.07, 6.45) is 0.875. The number of furan rings is 1. The molecule has 0 aliphatic carbocycles. The van der Waals surface area contributed by atoms with Gasteiger partial charge in [0.25, 0.3) is 0 Å². The van der Waals surface area contributed by atoms with Crippen molar-refractivity contribution in [1.82, 2.24) is 4.90 Å². The van der Waals surface area contributed by atoms with Gasteiger partial charge in [-0.2, -0.15) is 0 Å². The molecule has 0 fully saturated rings. The van der Waals surface area contributed by atoms with Gasteiger partial charge in [-0.05, 0) is 38.5 Å². The highest BCUT2D eigenvalue weighted by molar-refractivity contribution is 5.88. The summed E-state index contributed by atoms with van der Waals surface area (Å²) in [7, 11) is 1.66. The van der Waals surface area contributed by atoms with E-state index in [9.17, 15) is 9.59 Å². The molecule has 0 saturated carbocycles. The second kappa shape index (κ2) is 9.66. The molecule has 1 aromatic carbocycles. The van der Waals surface area contributed by atoms with Gasteiger partial charge in [-0.1, -0.05) is 12.1 Å². The molecule has 0 atom stereocenters. The van der Waals surface area contributed by atoms with Crippen molar-refractivity contribution in [3.8, 4) is 11.5 Å². The van der Waals surface area contributed by atoms with Crippen molar-refractivity contribution >= 4 is 11.9 Å². The number of aromatic carboxylic acids is 1. The Bertz CT molecular complexity index is 783. The zero-order chi connectivity index (χ0) is 19.8. The number of carbonyl (C=O) groups excluding carboxylic acids is 1. The van der Waals surface area contributed by atoms with Crippen LogP contribution in [0.2, 0.25) is 0 Å². The molecule has 2 aromatic rings. The summed E-state index contributed by atoms with van der Waals surface area (Å²) in [6.45, 7) is 4.67. The molecule has 2 rings (SSSR count). The molecule has 0 radical (unpaired) electrons. The van der Waals surface area contributed by atoms with Crippen LogP contribution in [0.25, 0.3) is 0 Å². The summed E-state index contributed by atoms with van der Waals surface area (Å²) in [4.78, 5) is 24.8. The van der Waals surface area contributed by atoms with Gasteiger partial charge in [-0.3, -0.25) is 4.79 Å². The lowest BCUT2D eigenvalue weighted by Gasteiger charge is -2.16. The van der Waals surface area contributed by atoms with Crippen molar-refractivity contribution in [3.05, 3.63) is 47.4 Å². The third kappa shape index (κ3) is 5.77. The van der Waals surface area contributed by atoms with Crippen LogP contribution in [0.4, 0.5) is 0 Å². The lowest BCUT2D eigenvalue weighted by molar-refractivity contribution is -0.130. The summed E-state index contributed by atoms with van der Waals surface area (Å²) in [5.74, 6) is 1.02. The number of para-hydroxylation sites is 2. The molecular formula is C20H25NO6.